The van der Waals surface area contributed by atoms with E-state index in [9.17, 15) is 20.2 Å². The molecule has 11 nitrogen and oxygen atoms in total. The van der Waals surface area contributed by atoms with E-state index < -0.39 is 15.7 Å². The van der Waals surface area contributed by atoms with Crippen molar-refractivity contribution in [2.75, 3.05) is 0 Å². The fourth-order valence-electron chi connectivity index (χ4n) is 3.21. The van der Waals surface area contributed by atoms with Crippen molar-refractivity contribution in [1.82, 2.24) is 4.68 Å². The van der Waals surface area contributed by atoms with Crippen LogP contribution in [0.2, 0.25) is 0 Å². The van der Waals surface area contributed by atoms with E-state index in [-0.39, 0.29) is 17.1 Å². The van der Waals surface area contributed by atoms with Gasteiger partial charge in [0.05, 0.1) is 17.2 Å². The fraction of sp³-hybridized carbons (Fsp3) is 0. The second kappa shape index (κ2) is 8.60. The van der Waals surface area contributed by atoms with Crippen molar-refractivity contribution in [3.05, 3.63) is 103 Å². The molecule has 0 spiro atoms. The average Bonchev–Trinajstić information content (AvgIpc) is 3.56. The molecule has 12 heteroatoms. The Bertz CT molecular complexity index is 1610. The zero-order valence-corrected chi connectivity index (χ0v) is 17.9. The molecule has 0 saturated carbocycles. The first-order chi connectivity index (χ1) is 16.5. The number of aromatic nitrogens is 1. The number of benzene rings is 2. The molecule has 0 amide bonds. The predicted octanol–water partition coefficient (Wildman–Crippen LogP) is 5.49. The van der Waals surface area contributed by atoms with E-state index >= 15 is 0 Å². The van der Waals surface area contributed by atoms with Gasteiger partial charge in [0.2, 0.25) is 4.80 Å². The molecule has 0 fully saturated rings. The average molecular weight is 475 g/mol. The summed E-state index contributed by atoms with van der Waals surface area (Å²) in [5.74, 6) is 0.237. The van der Waals surface area contributed by atoms with E-state index in [4.69, 9.17) is 8.83 Å². The van der Waals surface area contributed by atoms with Crippen molar-refractivity contribution >= 4 is 45.8 Å². The molecule has 0 aliphatic heterocycles. The van der Waals surface area contributed by atoms with Gasteiger partial charge in [-0.1, -0.05) is 30.3 Å². The molecule has 168 valence electrons. The molecule has 3 aromatic heterocycles. The van der Waals surface area contributed by atoms with Gasteiger partial charge in [-0.05, 0) is 24.3 Å². The van der Waals surface area contributed by atoms with Crippen molar-refractivity contribution in [3.63, 3.8) is 0 Å². The first-order valence-electron chi connectivity index (χ1n) is 9.76. The lowest BCUT2D eigenvalue weighted by Gasteiger charge is -2.00. The third-order valence-corrected chi connectivity index (χ3v) is 5.57. The monoisotopic (exact) mass is 475 g/mol. The van der Waals surface area contributed by atoms with Crippen molar-refractivity contribution < 1.29 is 18.7 Å². The topological polar surface area (TPSA) is 142 Å². The summed E-state index contributed by atoms with van der Waals surface area (Å²) in [5, 5.41) is 29.4. The highest BCUT2D eigenvalue weighted by molar-refractivity contribution is 7.07. The van der Waals surface area contributed by atoms with Gasteiger partial charge in [-0.2, -0.15) is 5.10 Å². The number of hydrogen-bond donors (Lipinski definition) is 0. The molecule has 5 aromatic rings. The normalized spacial score (nSPS) is 12.1. The van der Waals surface area contributed by atoms with Gasteiger partial charge < -0.3 is 8.83 Å². The van der Waals surface area contributed by atoms with Gasteiger partial charge in [-0.3, -0.25) is 20.2 Å². The van der Waals surface area contributed by atoms with Crippen molar-refractivity contribution in [1.29, 1.82) is 0 Å². The van der Waals surface area contributed by atoms with Crippen molar-refractivity contribution in [2.24, 2.45) is 10.1 Å². The first kappa shape index (κ1) is 21.0. The molecule has 5 rings (SSSR count). The van der Waals surface area contributed by atoms with Gasteiger partial charge in [0, 0.05) is 16.8 Å². The Balaban J connectivity index is 1.67. The third-order valence-electron chi connectivity index (χ3n) is 4.75. The summed E-state index contributed by atoms with van der Waals surface area (Å²) >= 11 is 1.20. The number of furan rings is 2. The van der Waals surface area contributed by atoms with Crippen LogP contribution in [-0.2, 0) is 0 Å². The zero-order valence-electron chi connectivity index (χ0n) is 17.1. The molecule has 34 heavy (non-hydrogen) atoms. The Morgan fingerprint density at radius 3 is 2.50 bits per heavy atom. The number of nitro groups is 2. The number of fused-ring (bicyclic) bond motifs is 1. The van der Waals surface area contributed by atoms with E-state index in [1.807, 2.05) is 30.3 Å². The summed E-state index contributed by atoms with van der Waals surface area (Å²) in [6, 6.07) is 18.1. The second-order valence-corrected chi connectivity index (χ2v) is 7.74. The molecular formula is C22H13N5O6S. The minimum atomic E-state index is -0.649. The fourth-order valence-corrected chi connectivity index (χ4v) is 4.04. The van der Waals surface area contributed by atoms with Gasteiger partial charge in [-0.15, -0.1) is 11.3 Å². The number of nitrogens with zero attached hydrogens (tertiary/aromatic N) is 5. The van der Waals surface area contributed by atoms with E-state index in [0.29, 0.717) is 21.8 Å². The summed E-state index contributed by atoms with van der Waals surface area (Å²) < 4.78 is 12.5. The highest BCUT2D eigenvalue weighted by atomic mass is 32.1. The summed E-state index contributed by atoms with van der Waals surface area (Å²) in [6.45, 7) is 0. The molecule has 0 N–H and O–H groups in total. The number of rotatable bonds is 6. The van der Waals surface area contributed by atoms with Crippen LogP contribution in [0.15, 0.2) is 91.0 Å². The third kappa shape index (κ3) is 4.00. The van der Waals surface area contributed by atoms with E-state index in [1.165, 1.54) is 46.5 Å². The van der Waals surface area contributed by atoms with Crippen LogP contribution < -0.4 is 4.80 Å². The maximum Gasteiger partial charge on any atom is 0.433 e. The van der Waals surface area contributed by atoms with Crippen LogP contribution in [0, 0.1) is 20.2 Å². The Morgan fingerprint density at radius 1 is 0.941 bits per heavy atom. The smallest absolute Gasteiger partial charge is 0.433 e. The first-order valence-corrected chi connectivity index (χ1v) is 10.6. The van der Waals surface area contributed by atoms with Gasteiger partial charge in [0.15, 0.2) is 11.5 Å². The Kier molecular flexibility index (Phi) is 5.32. The van der Waals surface area contributed by atoms with Gasteiger partial charge >= 0.3 is 5.88 Å². The molecule has 0 saturated heterocycles. The largest absolute Gasteiger partial charge is 0.454 e. The van der Waals surface area contributed by atoms with Crippen molar-refractivity contribution in [2.45, 2.75) is 0 Å². The number of nitro benzene ring substituents is 1. The van der Waals surface area contributed by atoms with Gasteiger partial charge in [0.1, 0.15) is 21.9 Å². The van der Waals surface area contributed by atoms with E-state index in [1.54, 1.807) is 17.5 Å². The van der Waals surface area contributed by atoms with Crippen LogP contribution in [0.25, 0.3) is 22.4 Å². The molecule has 0 aliphatic carbocycles. The molecule has 0 unspecified atom stereocenters. The highest BCUT2D eigenvalue weighted by Gasteiger charge is 2.16. The van der Waals surface area contributed by atoms with Gasteiger partial charge in [0.25, 0.3) is 5.69 Å². The summed E-state index contributed by atoms with van der Waals surface area (Å²) in [5.41, 5.74) is 1.22. The lowest BCUT2D eigenvalue weighted by Crippen LogP contribution is -2.11. The summed E-state index contributed by atoms with van der Waals surface area (Å²) in [4.78, 5) is 25.9. The maximum atomic E-state index is 11.4. The highest BCUT2D eigenvalue weighted by Crippen LogP contribution is 2.30. The van der Waals surface area contributed by atoms with Crippen LogP contribution in [0.5, 0.6) is 0 Å². The quantitative estimate of drug-likeness (QED) is 0.181. The van der Waals surface area contributed by atoms with Crippen molar-refractivity contribution in [3.8, 4) is 11.5 Å². The molecule has 2 aromatic carbocycles. The molecule has 0 bridgehead atoms. The minimum Gasteiger partial charge on any atom is -0.454 e. The molecule has 0 radical (unpaired) electrons. The molecule has 0 atom stereocenters. The van der Waals surface area contributed by atoms with Crippen LogP contribution >= 0.6 is 11.3 Å². The number of hydrogen-bond acceptors (Lipinski definition) is 9. The van der Waals surface area contributed by atoms with Crippen LogP contribution in [0.4, 0.5) is 17.3 Å². The maximum absolute atomic E-state index is 11.4. The number of para-hydroxylation sites is 3. The Morgan fingerprint density at radius 2 is 1.74 bits per heavy atom. The number of thiazole rings is 1. The van der Waals surface area contributed by atoms with Gasteiger partial charge in [-0.25, -0.2) is 9.67 Å². The molecular weight excluding hydrogens is 462 g/mol. The SMILES string of the molecule is O=[N+]([O-])c1ccc(C=Nn2c(-c3cc4ccccc4o3)csc2=Nc2ccccc2[N+](=O)[O-])o1. The minimum absolute atomic E-state index is 0.151. The lowest BCUT2D eigenvalue weighted by atomic mass is 10.2. The lowest BCUT2D eigenvalue weighted by molar-refractivity contribution is -0.402. The molecule has 0 aliphatic rings. The Hall–Kier alpha value is -4.84. The van der Waals surface area contributed by atoms with E-state index in [2.05, 4.69) is 10.1 Å². The zero-order chi connectivity index (χ0) is 23.7. The van der Waals surface area contributed by atoms with Crippen LogP contribution in [0.1, 0.15) is 5.76 Å². The van der Waals surface area contributed by atoms with Crippen LogP contribution in [-0.4, -0.2) is 20.7 Å². The summed E-state index contributed by atoms with van der Waals surface area (Å²) in [7, 11) is 0. The second-order valence-electron chi connectivity index (χ2n) is 6.90. The standard InChI is InChI=1S/C22H13N5O6S/c28-26(29)17-7-3-2-6-16(17)24-22-25(23-12-15-9-10-21(32-15)27(30)31)18(13-34-22)20-11-14-5-1-4-8-19(14)33-20/h1-13H. The Labute approximate surface area is 193 Å². The molecule has 3 heterocycles. The van der Waals surface area contributed by atoms with E-state index in [0.717, 1.165) is 5.39 Å². The summed E-state index contributed by atoms with van der Waals surface area (Å²) in [6.07, 6.45) is 1.30. The van der Waals surface area contributed by atoms with Crippen LogP contribution in [0.3, 0.4) is 0 Å². The predicted molar refractivity (Wildman–Crippen MR) is 124 cm³/mol.